The van der Waals surface area contributed by atoms with Crippen molar-refractivity contribution in [2.75, 3.05) is 7.05 Å². The molecule has 84 valence electrons. The fourth-order valence-electron chi connectivity index (χ4n) is 1.66. The molecule has 1 unspecified atom stereocenters. The molecule has 1 N–H and O–H groups in total. The standard InChI is InChI=1S/C11H15N5/c1-12-10(9-4-3-5-13-7-9)6-11-14-8-15-16(11)2/h3-5,7-8,10,12H,6H2,1-2H3. The van der Waals surface area contributed by atoms with Gasteiger partial charge in [-0.2, -0.15) is 5.10 Å². The van der Waals surface area contributed by atoms with Crippen LogP contribution in [0.2, 0.25) is 0 Å². The predicted molar refractivity (Wildman–Crippen MR) is 60.7 cm³/mol. The lowest BCUT2D eigenvalue weighted by molar-refractivity contribution is 0.552. The second-order valence-corrected chi connectivity index (χ2v) is 3.63. The summed E-state index contributed by atoms with van der Waals surface area (Å²) in [5.41, 5.74) is 1.16. The van der Waals surface area contributed by atoms with Gasteiger partial charge in [0.15, 0.2) is 0 Å². The zero-order chi connectivity index (χ0) is 11.4. The maximum atomic E-state index is 4.22. The van der Waals surface area contributed by atoms with E-state index in [2.05, 4.69) is 26.4 Å². The lowest BCUT2D eigenvalue weighted by Crippen LogP contribution is -2.20. The Kier molecular flexibility index (Phi) is 3.26. The van der Waals surface area contributed by atoms with Gasteiger partial charge in [0.25, 0.3) is 0 Å². The van der Waals surface area contributed by atoms with Gasteiger partial charge in [0.2, 0.25) is 0 Å². The highest BCUT2D eigenvalue weighted by Gasteiger charge is 2.12. The SMILES string of the molecule is CNC(Cc1ncnn1C)c1cccnc1. The maximum absolute atomic E-state index is 4.22. The van der Waals surface area contributed by atoms with E-state index in [1.54, 1.807) is 17.2 Å². The normalized spacial score (nSPS) is 12.6. The van der Waals surface area contributed by atoms with E-state index in [9.17, 15) is 0 Å². The van der Waals surface area contributed by atoms with Gasteiger partial charge >= 0.3 is 0 Å². The van der Waals surface area contributed by atoms with E-state index in [-0.39, 0.29) is 6.04 Å². The van der Waals surface area contributed by atoms with E-state index in [1.165, 1.54) is 0 Å². The van der Waals surface area contributed by atoms with Gasteiger partial charge in [0, 0.05) is 31.9 Å². The smallest absolute Gasteiger partial charge is 0.138 e. The maximum Gasteiger partial charge on any atom is 0.138 e. The first-order valence-electron chi connectivity index (χ1n) is 5.21. The van der Waals surface area contributed by atoms with Crippen LogP contribution in [-0.2, 0) is 13.5 Å². The number of hydrogen-bond acceptors (Lipinski definition) is 4. The third kappa shape index (κ3) is 2.25. The average molecular weight is 217 g/mol. The third-order valence-corrected chi connectivity index (χ3v) is 2.63. The topological polar surface area (TPSA) is 55.6 Å². The van der Waals surface area contributed by atoms with Gasteiger partial charge in [-0.1, -0.05) is 6.07 Å². The van der Waals surface area contributed by atoms with Gasteiger partial charge in [-0.15, -0.1) is 0 Å². The summed E-state index contributed by atoms with van der Waals surface area (Å²) in [6.07, 6.45) is 6.03. The number of rotatable bonds is 4. The summed E-state index contributed by atoms with van der Waals surface area (Å²) >= 11 is 0. The second-order valence-electron chi connectivity index (χ2n) is 3.63. The van der Waals surface area contributed by atoms with Crippen LogP contribution >= 0.6 is 0 Å². The van der Waals surface area contributed by atoms with Gasteiger partial charge in [0.05, 0.1) is 0 Å². The lowest BCUT2D eigenvalue weighted by Gasteiger charge is -2.15. The van der Waals surface area contributed by atoms with Crippen molar-refractivity contribution in [2.24, 2.45) is 7.05 Å². The summed E-state index contributed by atoms with van der Waals surface area (Å²) in [4.78, 5) is 8.34. The molecule has 0 bridgehead atoms. The zero-order valence-electron chi connectivity index (χ0n) is 9.46. The lowest BCUT2D eigenvalue weighted by atomic mass is 10.1. The van der Waals surface area contributed by atoms with Crippen LogP contribution in [0.5, 0.6) is 0 Å². The van der Waals surface area contributed by atoms with E-state index in [4.69, 9.17) is 0 Å². The van der Waals surface area contributed by atoms with Crippen LogP contribution in [0.15, 0.2) is 30.9 Å². The Morgan fingerprint density at radius 1 is 1.50 bits per heavy atom. The number of nitrogens with zero attached hydrogens (tertiary/aromatic N) is 4. The third-order valence-electron chi connectivity index (χ3n) is 2.63. The number of likely N-dealkylation sites (N-methyl/N-ethyl adjacent to an activating group) is 1. The van der Waals surface area contributed by atoms with E-state index in [0.717, 1.165) is 17.8 Å². The van der Waals surface area contributed by atoms with Crippen LogP contribution < -0.4 is 5.32 Å². The van der Waals surface area contributed by atoms with Gasteiger partial charge in [-0.3, -0.25) is 9.67 Å². The summed E-state index contributed by atoms with van der Waals surface area (Å²) in [6, 6.07) is 4.22. The van der Waals surface area contributed by atoms with Crippen LogP contribution in [0.4, 0.5) is 0 Å². The molecule has 0 aromatic carbocycles. The Labute approximate surface area is 94.5 Å². The summed E-state index contributed by atoms with van der Waals surface area (Å²) in [6.45, 7) is 0. The van der Waals surface area contributed by atoms with Gasteiger partial charge < -0.3 is 5.32 Å². The quantitative estimate of drug-likeness (QED) is 0.819. The molecule has 0 saturated heterocycles. The van der Waals surface area contributed by atoms with Gasteiger partial charge in [-0.25, -0.2) is 4.98 Å². The fourth-order valence-corrected chi connectivity index (χ4v) is 1.66. The number of hydrogen-bond donors (Lipinski definition) is 1. The molecule has 5 heteroatoms. The minimum absolute atomic E-state index is 0.219. The second kappa shape index (κ2) is 4.85. The number of pyridine rings is 1. The highest BCUT2D eigenvalue weighted by atomic mass is 15.3. The molecule has 0 saturated carbocycles. The molecule has 2 heterocycles. The highest BCUT2D eigenvalue weighted by Crippen LogP contribution is 2.15. The van der Waals surface area contributed by atoms with Crippen molar-refractivity contribution < 1.29 is 0 Å². The first-order valence-corrected chi connectivity index (χ1v) is 5.21. The molecule has 5 nitrogen and oxygen atoms in total. The van der Waals surface area contributed by atoms with Gasteiger partial charge in [0.1, 0.15) is 12.2 Å². The minimum atomic E-state index is 0.219. The summed E-state index contributed by atoms with van der Waals surface area (Å²) < 4.78 is 1.79. The molecule has 0 aliphatic rings. The Morgan fingerprint density at radius 2 is 2.38 bits per heavy atom. The molecule has 0 spiro atoms. The molecule has 2 aromatic heterocycles. The number of aryl methyl sites for hydroxylation is 1. The molecular formula is C11H15N5. The van der Waals surface area contributed by atoms with Crippen molar-refractivity contribution in [3.05, 3.63) is 42.2 Å². The van der Waals surface area contributed by atoms with E-state index in [1.807, 2.05) is 26.4 Å². The van der Waals surface area contributed by atoms with Crippen LogP contribution in [-0.4, -0.2) is 26.8 Å². The van der Waals surface area contributed by atoms with Crippen LogP contribution in [0, 0.1) is 0 Å². The van der Waals surface area contributed by atoms with Crippen molar-refractivity contribution in [3.63, 3.8) is 0 Å². The van der Waals surface area contributed by atoms with E-state index < -0.39 is 0 Å². The molecule has 0 aliphatic carbocycles. The Hall–Kier alpha value is -1.75. The van der Waals surface area contributed by atoms with Crippen molar-refractivity contribution in [1.82, 2.24) is 25.1 Å². The molecule has 0 aliphatic heterocycles. The molecule has 2 rings (SSSR count). The molecule has 0 fully saturated rings. The number of aromatic nitrogens is 4. The molecule has 0 radical (unpaired) electrons. The summed E-state index contributed by atoms with van der Waals surface area (Å²) in [5, 5.41) is 7.32. The van der Waals surface area contributed by atoms with Crippen molar-refractivity contribution >= 4 is 0 Å². The molecule has 0 amide bonds. The molecular weight excluding hydrogens is 202 g/mol. The predicted octanol–water partition coefficient (Wildman–Crippen LogP) is 0.713. The molecule has 16 heavy (non-hydrogen) atoms. The Balaban J connectivity index is 2.16. The van der Waals surface area contributed by atoms with Crippen LogP contribution in [0.1, 0.15) is 17.4 Å². The minimum Gasteiger partial charge on any atom is -0.313 e. The van der Waals surface area contributed by atoms with Crippen molar-refractivity contribution in [1.29, 1.82) is 0 Å². The Morgan fingerprint density at radius 3 is 2.94 bits per heavy atom. The van der Waals surface area contributed by atoms with Crippen molar-refractivity contribution in [3.8, 4) is 0 Å². The largest absolute Gasteiger partial charge is 0.313 e. The first kappa shape index (κ1) is 10.8. The summed E-state index contributed by atoms with van der Waals surface area (Å²) in [7, 11) is 3.84. The first-order chi connectivity index (χ1) is 7.81. The van der Waals surface area contributed by atoms with Crippen LogP contribution in [0.3, 0.4) is 0 Å². The molecule has 2 aromatic rings. The van der Waals surface area contributed by atoms with E-state index in [0.29, 0.717) is 0 Å². The van der Waals surface area contributed by atoms with Crippen LogP contribution in [0.25, 0.3) is 0 Å². The summed E-state index contributed by atoms with van der Waals surface area (Å²) in [5.74, 6) is 0.961. The zero-order valence-corrected chi connectivity index (χ0v) is 9.46. The highest BCUT2D eigenvalue weighted by molar-refractivity contribution is 5.15. The average Bonchev–Trinajstić information content (AvgIpc) is 2.73. The van der Waals surface area contributed by atoms with E-state index >= 15 is 0 Å². The van der Waals surface area contributed by atoms with Gasteiger partial charge in [-0.05, 0) is 18.7 Å². The Bertz CT molecular complexity index is 437. The number of nitrogens with one attached hydrogen (secondary N) is 1. The fraction of sp³-hybridized carbons (Fsp3) is 0.364. The van der Waals surface area contributed by atoms with Crippen molar-refractivity contribution in [2.45, 2.75) is 12.5 Å². The monoisotopic (exact) mass is 217 g/mol. The molecule has 1 atom stereocenters.